The van der Waals surface area contributed by atoms with Gasteiger partial charge >= 0.3 is 6.03 Å². The highest BCUT2D eigenvalue weighted by molar-refractivity contribution is 7.86. The van der Waals surface area contributed by atoms with Crippen molar-refractivity contribution in [1.82, 2.24) is 23.7 Å². The number of hydrogen-bond donors (Lipinski definition) is 1. The normalized spacial score (nSPS) is 37.0. The fourth-order valence-corrected chi connectivity index (χ4v) is 8.17. The molecule has 0 bridgehead atoms. The molecular formula is C22H39N5O5S. The summed E-state index contributed by atoms with van der Waals surface area (Å²) in [5.74, 6) is 0.218. The molecule has 4 atom stereocenters. The molecule has 1 saturated carbocycles. The maximum absolute atomic E-state index is 13.4. The van der Waals surface area contributed by atoms with E-state index < -0.39 is 15.7 Å². The zero-order chi connectivity index (χ0) is 24.2. The number of carbonyl (C=O) groups excluding carboxylic acids is 2. The highest BCUT2D eigenvalue weighted by Crippen LogP contribution is 2.46. The maximum Gasteiger partial charge on any atom is 0.326 e. The van der Waals surface area contributed by atoms with E-state index in [1.165, 1.54) is 13.5 Å². The molecule has 3 aliphatic heterocycles. The van der Waals surface area contributed by atoms with Crippen LogP contribution in [-0.2, 0) is 19.7 Å². The number of piperazine rings is 1. The molecule has 0 aromatic carbocycles. The van der Waals surface area contributed by atoms with Gasteiger partial charge in [-0.25, -0.2) is 9.69 Å². The van der Waals surface area contributed by atoms with E-state index in [1.54, 1.807) is 0 Å². The fourth-order valence-electron chi connectivity index (χ4n) is 6.42. The molecule has 1 aliphatic carbocycles. The van der Waals surface area contributed by atoms with Crippen molar-refractivity contribution in [3.05, 3.63) is 0 Å². The average molecular weight is 486 g/mol. The number of morpholine rings is 1. The summed E-state index contributed by atoms with van der Waals surface area (Å²) in [4.78, 5) is 29.5. The van der Waals surface area contributed by atoms with Crippen molar-refractivity contribution in [1.29, 1.82) is 0 Å². The number of carbonyl (C=O) groups is 2. The summed E-state index contributed by atoms with van der Waals surface area (Å²) >= 11 is 0. The Morgan fingerprint density at radius 2 is 1.58 bits per heavy atom. The first-order valence-corrected chi connectivity index (χ1v) is 13.5. The lowest BCUT2D eigenvalue weighted by Crippen LogP contribution is -2.58. The standard InChI is InChI=1S/C22H39N5O5S/c1-16-10-21(4,5)14-22(11-16)19(28)27(20(29)23-22)15-24-6-8-25(9-7-24)33(30,31)26-12-17(2)32-18(3)13-26/h16-18H,6-15H2,1-5H3,(H,23,29). The van der Waals surface area contributed by atoms with Gasteiger partial charge in [0.05, 0.1) is 18.9 Å². The first kappa shape index (κ1) is 24.8. The molecule has 188 valence electrons. The lowest BCUT2D eigenvalue weighted by Gasteiger charge is -2.44. The van der Waals surface area contributed by atoms with E-state index in [0.29, 0.717) is 58.0 Å². The van der Waals surface area contributed by atoms with E-state index in [1.807, 2.05) is 18.7 Å². The van der Waals surface area contributed by atoms with Crippen LogP contribution in [0.5, 0.6) is 0 Å². The molecular weight excluding hydrogens is 446 g/mol. The van der Waals surface area contributed by atoms with Crippen LogP contribution in [0.25, 0.3) is 0 Å². The predicted octanol–water partition coefficient (Wildman–Crippen LogP) is 1.05. The average Bonchev–Trinajstić information content (AvgIpc) is 2.89. The third-order valence-corrected chi connectivity index (χ3v) is 9.30. The highest BCUT2D eigenvalue weighted by Gasteiger charge is 2.56. The summed E-state index contributed by atoms with van der Waals surface area (Å²) in [6.45, 7) is 12.7. The largest absolute Gasteiger partial charge is 0.373 e. The van der Waals surface area contributed by atoms with Gasteiger partial charge in [0, 0.05) is 39.3 Å². The Kier molecular flexibility index (Phi) is 6.58. The number of ether oxygens (including phenoxy) is 1. The van der Waals surface area contributed by atoms with Gasteiger partial charge in [-0.1, -0.05) is 20.8 Å². The van der Waals surface area contributed by atoms with Crippen molar-refractivity contribution in [3.8, 4) is 0 Å². The number of urea groups is 1. The minimum atomic E-state index is -3.56. The van der Waals surface area contributed by atoms with Crippen molar-refractivity contribution in [3.63, 3.8) is 0 Å². The lowest BCUT2D eigenvalue weighted by molar-refractivity contribution is -0.136. The topological polar surface area (TPSA) is 102 Å². The molecule has 11 heteroatoms. The van der Waals surface area contributed by atoms with Gasteiger partial charge in [-0.3, -0.25) is 9.69 Å². The summed E-state index contributed by atoms with van der Waals surface area (Å²) in [6.07, 6.45) is 2.08. The molecule has 3 saturated heterocycles. The molecule has 10 nitrogen and oxygen atoms in total. The number of rotatable bonds is 4. The Labute approximate surface area is 197 Å². The minimum Gasteiger partial charge on any atom is -0.373 e. The Morgan fingerprint density at radius 3 is 2.15 bits per heavy atom. The van der Waals surface area contributed by atoms with Gasteiger partial charge in [0.15, 0.2) is 0 Å². The molecule has 4 fully saturated rings. The molecule has 3 heterocycles. The van der Waals surface area contributed by atoms with Crippen LogP contribution in [0.2, 0.25) is 0 Å². The Balaban J connectivity index is 1.36. The van der Waals surface area contributed by atoms with E-state index in [2.05, 4.69) is 26.1 Å². The first-order valence-electron chi connectivity index (χ1n) is 12.1. The molecule has 0 aromatic rings. The molecule has 3 amide bonds. The van der Waals surface area contributed by atoms with Crippen LogP contribution in [0.4, 0.5) is 4.79 Å². The monoisotopic (exact) mass is 485 g/mol. The number of hydrogen-bond acceptors (Lipinski definition) is 6. The second-order valence-electron chi connectivity index (χ2n) is 11.3. The van der Waals surface area contributed by atoms with Crippen LogP contribution in [0.3, 0.4) is 0 Å². The summed E-state index contributed by atoms with van der Waals surface area (Å²) < 4.78 is 34.9. The van der Waals surface area contributed by atoms with E-state index in [9.17, 15) is 18.0 Å². The zero-order valence-electron chi connectivity index (χ0n) is 20.5. The maximum atomic E-state index is 13.4. The van der Waals surface area contributed by atoms with Crippen LogP contribution in [0, 0.1) is 11.3 Å². The fraction of sp³-hybridized carbons (Fsp3) is 0.909. The summed E-state index contributed by atoms with van der Waals surface area (Å²) in [6, 6.07) is -0.337. The Hall–Kier alpha value is -1.27. The van der Waals surface area contributed by atoms with Crippen LogP contribution < -0.4 is 5.32 Å². The zero-order valence-corrected chi connectivity index (χ0v) is 21.4. The van der Waals surface area contributed by atoms with Crippen molar-refractivity contribution in [2.24, 2.45) is 11.3 Å². The van der Waals surface area contributed by atoms with Gasteiger partial charge in [-0.05, 0) is 44.4 Å². The third-order valence-electron chi connectivity index (χ3n) is 7.34. The number of amides is 3. The lowest BCUT2D eigenvalue weighted by atomic mass is 9.64. The van der Waals surface area contributed by atoms with E-state index in [4.69, 9.17) is 4.74 Å². The molecule has 33 heavy (non-hydrogen) atoms. The predicted molar refractivity (Wildman–Crippen MR) is 123 cm³/mol. The van der Waals surface area contributed by atoms with Crippen molar-refractivity contribution >= 4 is 22.1 Å². The summed E-state index contributed by atoms with van der Waals surface area (Å²) in [7, 11) is -3.56. The Bertz CT molecular complexity index is 878. The van der Waals surface area contributed by atoms with Crippen LogP contribution in [0.1, 0.15) is 53.9 Å². The second-order valence-corrected chi connectivity index (χ2v) is 13.3. The van der Waals surface area contributed by atoms with Gasteiger partial charge in [0.2, 0.25) is 0 Å². The van der Waals surface area contributed by atoms with Crippen LogP contribution in [0.15, 0.2) is 0 Å². The van der Waals surface area contributed by atoms with Crippen molar-refractivity contribution < 1.29 is 22.7 Å². The second kappa shape index (κ2) is 8.75. The molecule has 4 unspecified atom stereocenters. The van der Waals surface area contributed by atoms with Gasteiger partial charge in [-0.2, -0.15) is 17.0 Å². The first-order chi connectivity index (χ1) is 15.3. The smallest absolute Gasteiger partial charge is 0.326 e. The number of nitrogens with one attached hydrogen (secondary N) is 1. The summed E-state index contributed by atoms with van der Waals surface area (Å²) in [5, 5.41) is 3.01. The molecule has 0 radical (unpaired) electrons. The molecule has 4 rings (SSSR count). The van der Waals surface area contributed by atoms with Gasteiger partial charge in [-0.15, -0.1) is 0 Å². The van der Waals surface area contributed by atoms with E-state index in [-0.39, 0.29) is 36.2 Å². The molecule has 1 spiro atoms. The summed E-state index contributed by atoms with van der Waals surface area (Å²) in [5.41, 5.74) is -0.821. The molecule has 1 N–H and O–H groups in total. The number of imide groups is 1. The van der Waals surface area contributed by atoms with Gasteiger partial charge in [0.25, 0.3) is 16.1 Å². The quantitative estimate of drug-likeness (QED) is 0.598. The van der Waals surface area contributed by atoms with E-state index in [0.717, 1.165) is 6.42 Å². The van der Waals surface area contributed by atoms with E-state index >= 15 is 0 Å². The molecule has 0 aromatic heterocycles. The van der Waals surface area contributed by atoms with Crippen LogP contribution in [-0.4, -0.2) is 102 Å². The van der Waals surface area contributed by atoms with Crippen molar-refractivity contribution in [2.75, 3.05) is 45.9 Å². The van der Waals surface area contributed by atoms with Crippen LogP contribution >= 0.6 is 0 Å². The highest BCUT2D eigenvalue weighted by atomic mass is 32.2. The molecule has 4 aliphatic rings. The van der Waals surface area contributed by atoms with Gasteiger partial charge < -0.3 is 10.1 Å². The van der Waals surface area contributed by atoms with Crippen molar-refractivity contribution in [2.45, 2.75) is 71.6 Å². The Morgan fingerprint density at radius 1 is 0.970 bits per heavy atom. The number of nitrogens with zero attached hydrogens (tertiary/aromatic N) is 4. The van der Waals surface area contributed by atoms with Gasteiger partial charge in [0.1, 0.15) is 5.54 Å². The third kappa shape index (κ3) is 4.93. The SMILES string of the molecule is CC1CC(C)(C)CC2(C1)NC(=O)N(CN1CCN(S(=O)(=O)N3CC(C)OC(C)C3)CC1)C2=O. The minimum absolute atomic E-state index is 0.00884.